The molecule has 4 heteroatoms. The van der Waals surface area contributed by atoms with Crippen molar-refractivity contribution >= 4 is 5.97 Å². The maximum atomic E-state index is 9.54. The molecule has 0 aromatic rings. The monoisotopic (exact) mass is 128 g/mol. The Bertz CT molecular complexity index is 71.7. The molecule has 0 aliphatic carbocycles. The Morgan fingerprint density at radius 3 is 2.25 bits per heavy atom. The van der Waals surface area contributed by atoms with Crippen LogP contribution in [0.4, 0.5) is 0 Å². The molecule has 1 atom stereocenters. The third kappa shape index (κ3) is 9.66. The molecule has 0 aliphatic heterocycles. The zero-order valence-electron chi connectivity index (χ0n) is 5.05. The SMILES string of the molecule is [13CH3]C(O)[13CH2]C(=O)[O-].[Na+]. The number of aliphatic hydroxyl groups excluding tert-OH is 1. The summed E-state index contributed by atoms with van der Waals surface area (Å²) >= 11 is 0. The molecule has 8 heavy (non-hydrogen) atoms. The van der Waals surface area contributed by atoms with Crippen molar-refractivity contribution in [1.29, 1.82) is 0 Å². The Kier molecular flexibility index (Phi) is 7.83. The van der Waals surface area contributed by atoms with Gasteiger partial charge >= 0.3 is 29.6 Å². The van der Waals surface area contributed by atoms with Crippen LogP contribution >= 0.6 is 0 Å². The van der Waals surface area contributed by atoms with Crippen LogP contribution in [0.1, 0.15) is 13.3 Å². The summed E-state index contributed by atoms with van der Waals surface area (Å²) in [7, 11) is 0. The fourth-order valence-electron chi connectivity index (χ4n) is 0.241. The molecule has 0 fully saturated rings. The number of aliphatic hydroxyl groups is 1. The first-order valence-corrected chi connectivity index (χ1v) is 2.01. The second kappa shape index (κ2) is 5.56. The van der Waals surface area contributed by atoms with Crippen molar-refractivity contribution in [2.24, 2.45) is 0 Å². The van der Waals surface area contributed by atoms with Crippen molar-refractivity contribution in [2.45, 2.75) is 19.4 Å². The van der Waals surface area contributed by atoms with Gasteiger partial charge < -0.3 is 15.0 Å². The van der Waals surface area contributed by atoms with Gasteiger partial charge in [-0.15, -0.1) is 0 Å². The molecular formula is C4H7NaO3. The average Bonchev–Trinajstić information content (AvgIpc) is 1.27. The minimum Gasteiger partial charge on any atom is -0.550 e. The van der Waals surface area contributed by atoms with Crippen LogP contribution in [0, 0.1) is 0 Å². The molecule has 1 unspecified atom stereocenters. The van der Waals surface area contributed by atoms with Gasteiger partial charge in [-0.1, -0.05) is 0 Å². The van der Waals surface area contributed by atoms with Crippen molar-refractivity contribution in [3.63, 3.8) is 0 Å². The van der Waals surface area contributed by atoms with Crippen LogP contribution in [0.2, 0.25) is 0 Å². The molecule has 0 bridgehead atoms. The minimum absolute atomic E-state index is 0. The summed E-state index contributed by atoms with van der Waals surface area (Å²) in [6.07, 6.45) is -1.06. The van der Waals surface area contributed by atoms with Crippen molar-refractivity contribution in [1.82, 2.24) is 0 Å². The number of carbonyl (C=O) groups excluding carboxylic acids is 1. The topological polar surface area (TPSA) is 60.4 Å². The molecule has 0 aliphatic rings. The van der Waals surface area contributed by atoms with Crippen LogP contribution in [0.25, 0.3) is 0 Å². The number of aliphatic carboxylic acids is 1. The maximum absolute atomic E-state index is 9.54. The van der Waals surface area contributed by atoms with Crippen LogP contribution in [-0.4, -0.2) is 17.2 Å². The number of rotatable bonds is 2. The molecule has 0 spiro atoms. The van der Waals surface area contributed by atoms with E-state index >= 15 is 0 Å². The van der Waals surface area contributed by atoms with E-state index in [0.717, 1.165) is 0 Å². The summed E-state index contributed by atoms with van der Waals surface area (Å²) < 4.78 is 0. The Balaban J connectivity index is 0. The van der Waals surface area contributed by atoms with E-state index in [9.17, 15) is 9.90 Å². The van der Waals surface area contributed by atoms with E-state index in [2.05, 4.69) is 0 Å². The average molecular weight is 128 g/mol. The summed E-state index contributed by atoms with van der Waals surface area (Å²) in [6.45, 7) is 1.40. The van der Waals surface area contributed by atoms with Gasteiger partial charge in [-0.25, -0.2) is 0 Å². The molecule has 42 valence electrons. The summed E-state index contributed by atoms with van der Waals surface area (Å²) in [5, 5.41) is 17.8. The van der Waals surface area contributed by atoms with Gasteiger partial charge in [0.05, 0.1) is 6.10 Å². The van der Waals surface area contributed by atoms with Gasteiger partial charge in [0.2, 0.25) is 0 Å². The predicted octanol–water partition coefficient (Wildman–Crippen LogP) is -4.49. The minimum atomic E-state index is -1.21. The van der Waals surface area contributed by atoms with E-state index in [-0.39, 0.29) is 36.0 Å². The van der Waals surface area contributed by atoms with Gasteiger partial charge in [0.25, 0.3) is 0 Å². The van der Waals surface area contributed by atoms with Gasteiger partial charge in [0.1, 0.15) is 0 Å². The molecule has 3 nitrogen and oxygen atoms in total. The first kappa shape index (κ1) is 11.3. The fourth-order valence-corrected chi connectivity index (χ4v) is 0.241. The Hall–Kier alpha value is 0.430. The van der Waals surface area contributed by atoms with Gasteiger partial charge in [-0.05, 0) is 6.92 Å². The first-order valence-electron chi connectivity index (χ1n) is 2.01. The molecule has 0 heterocycles. The third-order valence-electron chi connectivity index (χ3n) is 0.462. The van der Waals surface area contributed by atoms with E-state index < -0.39 is 12.1 Å². The van der Waals surface area contributed by atoms with E-state index in [1.807, 2.05) is 0 Å². The molecule has 0 saturated carbocycles. The summed E-state index contributed by atoms with van der Waals surface area (Å²) in [5.74, 6) is -1.21. The van der Waals surface area contributed by atoms with Gasteiger partial charge in [0, 0.05) is 12.4 Å². The number of carbonyl (C=O) groups is 1. The van der Waals surface area contributed by atoms with Gasteiger partial charge in [-0.2, -0.15) is 0 Å². The van der Waals surface area contributed by atoms with Crippen LogP contribution in [0.15, 0.2) is 0 Å². The Morgan fingerprint density at radius 1 is 1.88 bits per heavy atom. The van der Waals surface area contributed by atoms with E-state index in [4.69, 9.17) is 5.11 Å². The summed E-state index contributed by atoms with van der Waals surface area (Å²) in [5.41, 5.74) is 0. The van der Waals surface area contributed by atoms with Crippen molar-refractivity contribution in [3.8, 4) is 0 Å². The molecule has 0 amide bonds. The zero-order valence-corrected chi connectivity index (χ0v) is 7.05. The summed E-state index contributed by atoms with van der Waals surface area (Å²) in [4.78, 5) is 9.54. The second-order valence-corrected chi connectivity index (χ2v) is 1.43. The smallest absolute Gasteiger partial charge is 0.550 e. The number of hydrogen-bond donors (Lipinski definition) is 1. The van der Waals surface area contributed by atoms with Crippen LogP contribution in [0.3, 0.4) is 0 Å². The van der Waals surface area contributed by atoms with E-state index in [1.54, 1.807) is 0 Å². The van der Waals surface area contributed by atoms with Gasteiger partial charge in [0.15, 0.2) is 0 Å². The molecule has 0 aromatic heterocycles. The predicted molar refractivity (Wildman–Crippen MR) is 21.3 cm³/mol. The van der Waals surface area contributed by atoms with Crippen molar-refractivity contribution < 1.29 is 44.6 Å². The Morgan fingerprint density at radius 2 is 2.25 bits per heavy atom. The molecule has 1 N–H and O–H groups in total. The summed E-state index contributed by atoms with van der Waals surface area (Å²) in [6, 6.07) is 0. The maximum Gasteiger partial charge on any atom is 1.00 e. The van der Waals surface area contributed by atoms with E-state index in [0.29, 0.717) is 0 Å². The van der Waals surface area contributed by atoms with Crippen LogP contribution in [-0.2, 0) is 4.79 Å². The van der Waals surface area contributed by atoms with Crippen LogP contribution in [0.5, 0.6) is 0 Å². The number of carboxylic acid groups (broad SMARTS) is 1. The van der Waals surface area contributed by atoms with Crippen molar-refractivity contribution in [2.75, 3.05) is 0 Å². The van der Waals surface area contributed by atoms with Gasteiger partial charge in [-0.3, -0.25) is 0 Å². The molecule has 0 rings (SSSR count). The molecule has 0 aromatic carbocycles. The number of hydrogen-bond acceptors (Lipinski definition) is 3. The van der Waals surface area contributed by atoms with Crippen LogP contribution < -0.4 is 34.7 Å². The molecular weight excluding hydrogens is 121 g/mol. The third-order valence-corrected chi connectivity index (χ3v) is 0.462. The zero-order chi connectivity index (χ0) is 5.86. The second-order valence-electron chi connectivity index (χ2n) is 1.43. The van der Waals surface area contributed by atoms with E-state index in [1.165, 1.54) is 6.92 Å². The standard InChI is InChI=1S/C4H8O3.Na/c1-3(5)2-4(6)7;/h3,5H,2H2,1H3,(H,6,7);/q;+1/p-1/i1+1,2+1;. The quantitative estimate of drug-likeness (QED) is 0.301. The molecule has 0 radical (unpaired) electrons. The molecule has 0 saturated heterocycles. The Labute approximate surface area is 70.0 Å². The largest absolute Gasteiger partial charge is 1.00 e. The normalized spacial score (nSPS) is 11.8. The van der Waals surface area contributed by atoms with Crippen molar-refractivity contribution in [3.05, 3.63) is 0 Å². The fraction of sp³-hybridized carbons (Fsp3) is 0.750. The first-order chi connectivity index (χ1) is 3.13. The number of carboxylic acids is 1.